The minimum atomic E-state index is -3.77. The number of nitrogens with two attached hydrogens (primary N) is 1. The first-order chi connectivity index (χ1) is 9.82. The van der Waals surface area contributed by atoms with Crippen LogP contribution in [0.2, 0.25) is 0 Å². The maximum absolute atomic E-state index is 12.5. The zero-order chi connectivity index (χ0) is 15.6. The molecule has 1 saturated heterocycles. The predicted molar refractivity (Wildman–Crippen MR) is 83.0 cm³/mol. The maximum atomic E-state index is 12.5. The van der Waals surface area contributed by atoms with Crippen LogP contribution in [0.5, 0.6) is 0 Å². The number of primary sulfonamides is 1. The maximum Gasteiger partial charge on any atom is 0.263 e. The minimum Gasteiger partial charge on any atom is -0.338 e. The summed E-state index contributed by atoms with van der Waals surface area (Å²) in [5.74, 6) is 0.352. The molecular weight excluding hydrogens is 310 g/mol. The second-order valence-electron chi connectivity index (χ2n) is 5.39. The lowest BCUT2D eigenvalue weighted by molar-refractivity contribution is 0.0679. The number of rotatable bonds is 4. The summed E-state index contributed by atoms with van der Waals surface area (Å²) in [6.45, 7) is 3.99. The van der Waals surface area contributed by atoms with Crippen molar-refractivity contribution in [1.82, 2.24) is 10.2 Å². The molecule has 1 aliphatic rings. The number of carbonyl (C=O) groups is 1. The zero-order valence-electron chi connectivity index (χ0n) is 12.3. The van der Waals surface area contributed by atoms with Gasteiger partial charge in [0.2, 0.25) is 10.0 Å². The number of hydrogen-bond donors (Lipinski definition) is 2. The Morgan fingerprint density at radius 3 is 2.86 bits per heavy atom. The number of sulfonamides is 1. The monoisotopic (exact) mass is 331 g/mol. The molecule has 0 aromatic carbocycles. The van der Waals surface area contributed by atoms with Crippen LogP contribution in [0.25, 0.3) is 0 Å². The molecular formula is C13H21N3O3S2. The van der Waals surface area contributed by atoms with Gasteiger partial charge < -0.3 is 10.2 Å². The Balaban J connectivity index is 2.17. The SMILES string of the molecule is CNC[C@@H]1CCCN(C(=O)c2cc(S(N)(=O)=O)c(C)s2)C1. The minimum absolute atomic E-state index is 0.0552. The van der Waals surface area contributed by atoms with Crippen molar-refractivity contribution in [3.05, 3.63) is 15.8 Å². The first-order valence-electron chi connectivity index (χ1n) is 6.90. The lowest BCUT2D eigenvalue weighted by Gasteiger charge is -2.32. The summed E-state index contributed by atoms with van der Waals surface area (Å²) in [5, 5.41) is 8.30. The van der Waals surface area contributed by atoms with Crippen LogP contribution >= 0.6 is 11.3 Å². The molecule has 1 aliphatic heterocycles. The van der Waals surface area contributed by atoms with Gasteiger partial charge in [-0.05, 0) is 45.3 Å². The van der Waals surface area contributed by atoms with Crippen molar-refractivity contribution >= 4 is 27.3 Å². The van der Waals surface area contributed by atoms with Gasteiger partial charge in [-0.2, -0.15) is 0 Å². The largest absolute Gasteiger partial charge is 0.338 e. The van der Waals surface area contributed by atoms with Crippen LogP contribution in [-0.2, 0) is 10.0 Å². The van der Waals surface area contributed by atoms with Gasteiger partial charge in [-0.3, -0.25) is 4.79 Å². The standard InChI is InChI=1S/C13H21N3O3S2/c1-9-12(21(14,18)19)6-11(20-9)13(17)16-5-3-4-10(8-16)7-15-2/h6,10,15H,3-5,7-8H2,1-2H3,(H2,14,18,19)/t10-/m0/s1. The summed E-state index contributed by atoms with van der Waals surface area (Å²) in [6, 6.07) is 1.40. The molecule has 1 fully saturated rings. The van der Waals surface area contributed by atoms with E-state index in [1.165, 1.54) is 17.4 Å². The molecule has 1 aromatic heterocycles. The van der Waals surface area contributed by atoms with Crippen molar-refractivity contribution in [1.29, 1.82) is 0 Å². The molecule has 21 heavy (non-hydrogen) atoms. The average Bonchev–Trinajstić information content (AvgIpc) is 2.81. The van der Waals surface area contributed by atoms with Gasteiger partial charge in [-0.15, -0.1) is 11.3 Å². The highest BCUT2D eigenvalue weighted by Gasteiger charge is 2.27. The van der Waals surface area contributed by atoms with Crippen molar-refractivity contribution in [2.45, 2.75) is 24.7 Å². The summed E-state index contributed by atoms with van der Waals surface area (Å²) in [5.41, 5.74) is 0. The number of nitrogens with zero attached hydrogens (tertiary/aromatic N) is 1. The van der Waals surface area contributed by atoms with E-state index in [1.807, 2.05) is 11.9 Å². The van der Waals surface area contributed by atoms with Crippen LogP contribution in [0, 0.1) is 12.8 Å². The van der Waals surface area contributed by atoms with Gasteiger partial charge in [0, 0.05) is 18.0 Å². The third-order valence-corrected chi connectivity index (χ3v) is 5.89. The quantitative estimate of drug-likeness (QED) is 0.852. The van der Waals surface area contributed by atoms with Gasteiger partial charge in [0.25, 0.3) is 5.91 Å². The average molecular weight is 331 g/mol. The number of carbonyl (C=O) groups excluding carboxylic acids is 1. The predicted octanol–water partition coefficient (Wildman–Crippen LogP) is 0.776. The highest BCUT2D eigenvalue weighted by atomic mass is 32.2. The van der Waals surface area contributed by atoms with Crippen LogP contribution in [0.3, 0.4) is 0 Å². The topological polar surface area (TPSA) is 92.5 Å². The number of piperidine rings is 1. The molecule has 118 valence electrons. The molecule has 2 rings (SSSR count). The number of aryl methyl sites for hydroxylation is 1. The van der Waals surface area contributed by atoms with E-state index in [9.17, 15) is 13.2 Å². The molecule has 3 N–H and O–H groups in total. The highest BCUT2D eigenvalue weighted by Crippen LogP contribution is 2.27. The number of hydrogen-bond acceptors (Lipinski definition) is 5. The van der Waals surface area contributed by atoms with Crippen molar-refractivity contribution in [2.24, 2.45) is 11.1 Å². The van der Waals surface area contributed by atoms with Crippen LogP contribution < -0.4 is 10.5 Å². The van der Waals surface area contributed by atoms with Crippen molar-refractivity contribution in [3.63, 3.8) is 0 Å². The van der Waals surface area contributed by atoms with Gasteiger partial charge in [0.15, 0.2) is 0 Å². The van der Waals surface area contributed by atoms with Crippen LogP contribution in [0.15, 0.2) is 11.0 Å². The third-order valence-electron chi connectivity index (χ3n) is 3.69. The van der Waals surface area contributed by atoms with Crippen LogP contribution in [0.1, 0.15) is 27.4 Å². The van der Waals surface area contributed by atoms with E-state index in [4.69, 9.17) is 5.14 Å². The normalized spacial score (nSPS) is 19.8. The molecule has 0 spiro atoms. The highest BCUT2D eigenvalue weighted by molar-refractivity contribution is 7.89. The van der Waals surface area contributed by atoms with Gasteiger partial charge >= 0.3 is 0 Å². The summed E-state index contributed by atoms with van der Waals surface area (Å²) in [7, 11) is -1.86. The Morgan fingerprint density at radius 2 is 2.29 bits per heavy atom. The van der Waals surface area contributed by atoms with Crippen molar-refractivity contribution < 1.29 is 13.2 Å². The molecule has 6 nitrogen and oxygen atoms in total. The molecule has 8 heteroatoms. The molecule has 0 aliphatic carbocycles. The van der Waals surface area contributed by atoms with Crippen LogP contribution in [0.4, 0.5) is 0 Å². The Bertz CT molecular complexity index is 623. The molecule has 0 bridgehead atoms. The number of amides is 1. The van der Waals surface area contributed by atoms with Gasteiger partial charge in [-0.1, -0.05) is 0 Å². The third kappa shape index (κ3) is 3.82. The first-order valence-corrected chi connectivity index (χ1v) is 9.26. The number of nitrogens with one attached hydrogen (secondary N) is 1. The lowest BCUT2D eigenvalue weighted by atomic mass is 9.98. The Hall–Kier alpha value is -0.960. The Kier molecular flexibility index (Phi) is 5.03. The summed E-state index contributed by atoms with van der Waals surface area (Å²) in [6.07, 6.45) is 2.08. The molecule has 1 amide bonds. The molecule has 1 atom stereocenters. The fourth-order valence-corrected chi connectivity index (χ4v) is 4.83. The second kappa shape index (κ2) is 6.43. The van der Waals surface area contributed by atoms with Gasteiger partial charge in [-0.25, -0.2) is 13.6 Å². The Morgan fingerprint density at radius 1 is 1.57 bits per heavy atom. The summed E-state index contributed by atoms with van der Waals surface area (Å²) < 4.78 is 22.9. The molecule has 0 saturated carbocycles. The summed E-state index contributed by atoms with van der Waals surface area (Å²) in [4.78, 5) is 15.4. The van der Waals surface area contributed by atoms with Crippen molar-refractivity contribution in [2.75, 3.05) is 26.7 Å². The van der Waals surface area contributed by atoms with E-state index in [1.54, 1.807) is 6.92 Å². The zero-order valence-corrected chi connectivity index (χ0v) is 13.9. The smallest absolute Gasteiger partial charge is 0.263 e. The van der Waals surface area contributed by atoms with E-state index in [-0.39, 0.29) is 10.8 Å². The second-order valence-corrected chi connectivity index (χ2v) is 8.18. The molecule has 2 heterocycles. The number of likely N-dealkylation sites (tertiary alicyclic amines) is 1. The first kappa shape index (κ1) is 16.4. The van der Waals surface area contributed by atoms with Gasteiger partial charge in [0.1, 0.15) is 0 Å². The fourth-order valence-electron chi connectivity index (χ4n) is 2.71. The van der Waals surface area contributed by atoms with E-state index < -0.39 is 10.0 Å². The van der Waals surface area contributed by atoms with E-state index in [0.29, 0.717) is 22.2 Å². The molecule has 0 radical (unpaired) electrons. The van der Waals surface area contributed by atoms with E-state index >= 15 is 0 Å². The Labute approximate surface area is 129 Å². The van der Waals surface area contributed by atoms with Crippen LogP contribution in [-0.4, -0.2) is 45.9 Å². The van der Waals surface area contributed by atoms with E-state index in [0.717, 1.165) is 25.9 Å². The fraction of sp³-hybridized carbons (Fsp3) is 0.615. The number of thiophene rings is 1. The van der Waals surface area contributed by atoms with Crippen molar-refractivity contribution in [3.8, 4) is 0 Å². The molecule has 1 aromatic rings. The summed E-state index contributed by atoms with van der Waals surface area (Å²) >= 11 is 1.19. The molecule has 0 unspecified atom stereocenters. The van der Waals surface area contributed by atoms with Gasteiger partial charge in [0.05, 0.1) is 9.77 Å². The van der Waals surface area contributed by atoms with E-state index in [2.05, 4.69) is 5.32 Å². The lowest BCUT2D eigenvalue weighted by Crippen LogP contribution is -2.42.